The number of hydrogen-bond donors (Lipinski definition) is 1. The maximum absolute atomic E-state index is 6.50. The molecule has 1 fully saturated rings. The molecular formula is C18H29ClN2. The van der Waals surface area contributed by atoms with Crippen LogP contribution in [0.1, 0.15) is 46.1 Å². The molecule has 118 valence electrons. The summed E-state index contributed by atoms with van der Waals surface area (Å²) in [7, 11) is 0. The van der Waals surface area contributed by atoms with Gasteiger partial charge in [0, 0.05) is 19.6 Å². The van der Waals surface area contributed by atoms with E-state index in [2.05, 4.69) is 50.0 Å². The molecule has 0 aromatic heterocycles. The van der Waals surface area contributed by atoms with Gasteiger partial charge in [-0.25, -0.2) is 0 Å². The summed E-state index contributed by atoms with van der Waals surface area (Å²) in [5.74, 6) is 0.813. The molecular weight excluding hydrogens is 280 g/mol. The molecule has 2 rings (SSSR count). The van der Waals surface area contributed by atoms with Crippen LogP contribution in [0.3, 0.4) is 0 Å². The number of piperidine rings is 1. The third-order valence-corrected chi connectivity index (χ3v) is 4.98. The molecule has 1 saturated heterocycles. The fourth-order valence-corrected chi connectivity index (χ4v) is 3.60. The van der Waals surface area contributed by atoms with Gasteiger partial charge in [-0.15, -0.1) is 0 Å². The number of halogens is 1. The summed E-state index contributed by atoms with van der Waals surface area (Å²) in [4.78, 5) is 2.48. The summed E-state index contributed by atoms with van der Waals surface area (Å²) < 4.78 is 0. The normalized spacial score (nSPS) is 17.3. The largest absolute Gasteiger partial charge is 0.370 e. The van der Waals surface area contributed by atoms with E-state index in [0.717, 1.165) is 37.1 Å². The van der Waals surface area contributed by atoms with Gasteiger partial charge in [-0.1, -0.05) is 51.4 Å². The molecule has 1 heterocycles. The van der Waals surface area contributed by atoms with Gasteiger partial charge in [-0.05, 0) is 42.3 Å². The lowest BCUT2D eigenvalue weighted by Crippen LogP contribution is -2.38. The number of nitrogens with one attached hydrogen (secondary N) is 1. The van der Waals surface area contributed by atoms with Crippen molar-refractivity contribution in [2.75, 3.05) is 24.5 Å². The van der Waals surface area contributed by atoms with Gasteiger partial charge < -0.3 is 10.2 Å². The Hall–Kier alpha value is -0.730. The van der Waals surface area contributed by atoms with Gasteiger partial charge in [0.2, 0.25) is 0 Å². The van der Waals surface area contributed by atoms with E-state index < -0.39 is 0 Å². The summed E-state index contributed by atoms with van der Waals surface area (Å²) >= 11 is 6.50. The zero-order valence-corrected chi connectivity index (χ0v) is 14.6. The Balaban J connectivity index is 2.12. The van der Waals surface area contributed by atoms with Crippen LogP contribution in [0.15, 0.2) is 18.2 Å². The van der Waals surface area contributed by atoms with Crippen molar-refractivity contribution >= 4 is 17.3 Å². The highest BCUT2D eigenvalue weighted by atomic mass is 35.5. The van der Waals surface area contributed by atoms with Crippen molar-refractivity contribution < 1.29 is 0 Å². The number of rotatable bonds is 4. The molecule has 0 unspecified atom stereocenters. The van der Waals surface area contributed by atoms with Crippen LogP contribution in [0.5, 0.6) is 0 Å². The molecule has 0 radical (unpaired) electrons. The van der Waals surface area contributed by atoms with Gasteiger partial charge in [-0.3, -0.25) is 0 Å². The van der Waals surface area contributed by atoms with Crippen molar-refractivity contribution in [3.8, 4) is 0 Å². The second kappa shape index (κ2) is 7.02. The number of benzene rings is 1. The second-order valence-electron chi connectivity index (χ2n) is 7.16. The van der Waals surface area contributed by atoms with Crippen molar-refractivity contribution in [1.29, 1.82) is 0 Å². The molecule has 1 aromatic rings. The van der Waals surface area contributed by atoms with Crippen LogP contribution in [0.2, 0.25) is 5.02 Å². The molecule has 1 aliphatic rings. The molecule has 0 saturated carbocycles. The molecule has 0 bridgehead atoms. The molecule has 1 aromatic carbocycles. The maximum Gasteiger partial charge on any atom is 0.0642 e. The van der Waals surface area contributed by atoms with Gasteiger partial charge in [0.25, 0.3) is 0 Å². The van der Waals surface area contributed by atoms with E-state index in [1.165, 1.54) is 24.1 Å². The van der Waals surface area contributed by atoms with E-state index in [4.69, 9.17) is 11.6 Å². The van der Waals surface area contributed by atoms with Gasteiger partial charge in [0.05, 0.1) is 10.7 Å². The minimum atomic E-state index is 0.416. The Morgan fingerprint density at radius 2 is 1.90 bits per heavy atom. The first kappa shape index (κ1) is 16.6. The Morgan fingerprint density at radius 3 is 2.48 bits per heavy atom. The Kier molecular flexibility index (Phi) is 5.56. The summed E-state index contributed by atoms with van der Waals surface area (Å²) in [6.07, 6.45) is 2.52. The lowest BCUT2D eigenvalue weighted by molar-refractivity contribution is 0.199. The quantitative estimate of drug-likeness (QED) is 0.866. The summed E-state index contributed by atoms with van der Waals surface area (Å²) in [5, 5.41) is 4.31. The van der Waals surface area contributed by atoms with Gasteiger partial charge >= 0.3 is 0 Å². The number of para-hydroxylation sites is 1. The minimum absolute atomic E-state index is 0.416. The smallest absolute Gasteiger partial charge is 0.0642 e. The molecule has 3 heteroatoms. The van der Waals surface area contributed by atoms with Crippen LogP contribution < -0.4 is 10.2 Å². The van der Waals surface area contributed by atoms with E-state index in [1.54, 1.807) is 0 Å². The Bertz CT molecular complexity index is 457. The monoisotopic (exact) mass is 308 g/mol. The van der Waals surface area contributed by atoms with E-state index in [-0.39, 0.29) is 0 Å². The predicted octanol–water partition coefficient (Wildman–Crippen LogP) is 4.71. The zero-order chi connectivity index (χ0) is 15.5. The minimum Gasteiger partial charge on any atom is -0.370 e. The van der Waals surface area contributed by atoms with Crippen LogP contribution in [-0.2, 0) is 6.54 Å². The molecule has 0 amide bonds. The van der Waals surface area contributed by atoms with E-state index >= 15 is 0 Å². The highest BCUT2D eigenvalue weighted by Crippen LogP contribution is 2.38. The Labute approximate surface area is 134 Å². The number of nitrogens with zero attached hydrogens (tertiary/aromatic N) is 1. The molecule has 21 heavy (non-hydrogen) atoms. The summed E-state index contributed by atoms with van der Waals surface area (Å²) in [6.45, 7) is 13.3. The third kappa shape index (κ3) is 4.14. The van der Waals surface area contributed by atoms with Gasteiger partial charge in [-0.2, -0.15) is 0 Å². The zero-order valence-electron chi connectivity index (χ0n) is 13.9. The first-order valence-electron chi connectivity index (χ1n) is 8.16. The Morgan fingerprint density at radius 1 is 1.24 bits per heavy atom. The standard InChI is InChI=1S/C18H29ClN2/c1-5-20-13-14-7-6-8-16(19)17(14)21-11-9-15(10-12-21)18(2,3)4/h6-8,15,20H,5,9-13H2,1-4H3. The SMILES string of the molecule is CCNCc1cccc(Cl)c1N1CCC(C(C)(C)C)CC1. The second-order valence-corrected chi connectivity index (χ2v) is 7.56. The average Bonchev–Trinajstić information content (AvgIpc) is 2.44. The molecule has 0 aliphatic carbocycles. The maximum atomic E-state index is 6.50. The van der Waals surface area contributed by atoms with Crippen molar-refractivity contribution in [2.45, 2.75) is 47.1 Å². The highest BCUT2D eigenvalue weighted by molar-refractivity contribution is 6.33. The molecule has 1 N–H and O–H groups in total. The number of anilines is 1. The fourth-order valence-electron chi connectivity index (χ4n) is 3.29. The van der Waals surface area contributed by atoms with Crippen molar-refractivity contribution in [1.82, 2.24) is 5.32 Å². The first-order valence-corrected chi connectivity index (χ1v) is 8.54. The van der Waals surface area contributed by atoms with E-state index in [0.29, 0.717) is 5.41 Å². The van der Waals surface area contributed by atoms with Crippen LogP contribution >= 0.6 is 11.6 Å². The average molecular weight is 309 g/mol. The molecule has 2 nitrogen and oxygen atoms in total. The van der Waals surface area contributed by atoms with Crippen LogP contribution in [0.4, 0.5) is 5.69 Å². The van der Waals surface area contributed by atoms with Crippen molar-refractivity contribution in [3.05, 3.63) is 28.8 Å². The lowest BCUT2D eigenvalue weighted by Gasteiger charge is -2.40. The topological polar surface area (TPSA) is 15.3 Å². The van der Waals surface area contributed by atoms with Crippen LogP contribution in [0, 0.1) is 11.3 Å². The first-order chi connectivity index (χ1) is 9.93. The molecule has 1 aliphatic heterocycles. The van der Waals surface area contributed by atoms with E-state index in [1.807, 2.05) is 6.07 Å². The van der Waals surface area contributed by atoms with Crippen molar-refractivity contribution in [2.24, 2.45) is 11.3 Å². The molecule has 0 atom stereocenters. The molecule has 0 spiro atoms. The highest BCUT2D eigenvalue weighted by Gasteiger charge is 2.29. The summed E-state index contributed by atoms with van der Waals surface area (Å²) in [5.41, 5.74) is 2.98. The van der Waals surface area contributed by atoms with Crippen LogP contribution in [-0.4, -0.2) is 19.6 Å². The fraction of sp³-hybridized carbons (Fsp3) is 0.667. The van der Waals surface area contributed by atoms with Gasteiger partial charge in [0.15, 0.2) is 0 Å². The lowest BCUT2D eigenvalue weighted by atomic mass is 9.75. The summed E-state index contributed by atoms with van der Waals surface area (Å²) in [6, 6.07) is 6.27. The van der Waals surface area contributed by atoms with E-state index in [9.17, 15) is 0 Å². The van der Waals surface area contributed by atoms with Crippen LogP contribution in [0.25, 0.3) is 0 Å². The van der Waals surface area contributed by atoms with Gasteiger partial charge in [0.1, 0.15) is 0 Å². The van der Waals surface area contributed by atoms with Crippen molar-refractivity contribution in [3.63, 3.8) is 0 Å². The third-order valence-electron chi connectivity index (χ3n) is 4.67. The predicted molar refractivity (Wildman–Crippen MR) is 93.2 cm³/mol. The number of hydrogen-bond acceptors (Lipinski definition) is 2.